The number of nitrogens with one attached hydrogen (secondary N) is 1. The standard InChI is InChI=1S/C13H14N4O3S/c1-2-3-4-11(18)14-13-16-15-12(21-13)9-5-7-10(8-6-9)17(19)20/h5-8H,2-4H2,1H3,(H,14,16,18). The number of rotatable bonds is 6. The first-order valence-electron chi connectivity index (χ1n) is 6.48. The number of hydrogen-bond acceptors (Lipinski definition) is 6. The average Bonchev–Trinajstić information content (AvgIpc) is 2.93. The maximum atomic E-state index is 11.6. The Labute approximate surface area is 125 Å². The summed E-state index contributed by atoms with van der Waals surface area (Å²) in [4.78, 5) is 21.7. The number of carbonyl (C=O) groups is 1. The van der Waals surface area contributed by atoms with E-state index in [2.05, 4.69) is 15.5 Å². The van der Waals surface area contributed by atoms with Crippen molar-refractivity contribution in [2.24, 2.45) is 0 Å². The van der Waals surface area contributed by atoms with Crippen LogP contribution in [0, 0.1) is 10.1 Å². The van der Waals surface area contributed by atoms with Crippen molar-refractivity contribution in [1.29, 1.82) is 0 Å². The predicted octanol–water partition coefficient (Wildman–Crippen LogP) is 3.24. The molecule has 1 aromatic carbocycles. The van der Waals surface area contributed by atoms with Gasteiger partial charge in [-0.1, -0.05) is 24.7 Å². The molecule has 1 amide bonds. The molecule has 110 valence electrons. The van der Waals surface area contributed by atoms with Gasteiger partial charge in [0.1, 0.15) is 5.01 Å². The van der Waals surface area contributed by atoms with Gasteiger partial charge in [0.2, 0.25) is 11.0 Å². The van der Waals surface area contributed by atoms with Gasteiger partial charge in [0, 0.05) is 24.1 Å². The van der Waals surface area contributed by atoms with Crippen molar-refractivity contribution in [1.82, 2.24) is 10.2 Å². The maximum Gasteiger partial charge on any atom is 0.269 e. The van der Waals surface area contributed by atoms with E-state index < -0.39 is 4.92 Å². The summed E-state index contributed by atoms with van der Waals surface area (Å²) in [5, 5.41) is 22.2. The quantitative estimate of drug-likeness (QED) is 0.652. The summed E-state index contributed by atoms with van der Waals surface area (Å²) >= 11 is 1.24. The van der Waals surface area contributed by atoms with E-state index in [1.807, 2.05) is 6.92 Å². The molecule has 0 spiro atoms. The number of aromatic nitrogens is 2. The zero-order valence-corrected chi connectivity index (χ0v) is 12.2. The Hall–Kier alpha value is -2.35. The van der Waals surface area contributed by atoms with Crippen LogP contribution in [0.1, 0.15) is 26.2 Å². The van der Waals surface area contributed by atoms with Crippen molar-refractivity contribution in [2.75, 3.05) is 5.32 Å². The van der Waals surface area contributed by atoms with Crippen LogP contribution < -0.4 is 5.32 Å². The highest BCUT2D eigenvalue weighted by Gasteiger charge is 2.11. The SMILES string of the molecule is CCCCC(=O)Nc1nnc(-c2ccc([N+](=O)[O-])cc2)s1. The van der Waals surface area contributed by atoms with Gasteiger partial charge in [-0.2, -0.15) is 0 Å². The summed E-state index contributed by atoms with van der Waals surface area (Å²) in [7, 11) is 0. The molecule has 0 fully saturated rings. The highest BCUT2D eigenvalue weighted by atomic mass is 32.1. The number of nitro benzene ring substituents is 1. The van der Waals surface area contributed by atoms with E-state index in [0.717, 1.165) is 18.4 Å². The fourth-order valence-electron chi connectivity index (χ4n) is 1.64. The van der Waals surface area contributed by atoms with Crippen molar-refractivity contribution in [2.45, 2.75) is 26.2 Å². The summed E-state index contributed by atoms with van der Waals surface area (Å²) in [5.41, 5.74) is 0.753. The van der Waals surface area contributed by atoms with Crippen LogP contribution in [-0.4, -0.2) is 21.0 Å². The van der Waals surface area contributed by atoms with Gasteiger partial charge in [0.15, 0.2) is 0 Å². The zero-order valence-electron chi connectivity index (χ0n) is 11.4. The van der Waals surface area contributed by atoms with Crippen LogP contribution in [0.25, 0.3) is 10.6 Å². The van der Waals surface area contributed by atoms with Crippen LogP contribution in [0.2, 0.25) is 0 Å². The molecule has 7 nitrogen and oxygen atoms in total. The lowest BCUT2D eigenvalue weighted by molar-refractivity contribution is -0.384. The molecule has 0 unspecified atom stereocenters. The molecule has 0 radical (unpaired) electrons. The minimum Gasteiger partial charge on any atom is -0.301 e. The Kier molecular flexibility index (Phi) is 4.94. The van der Waals surface area contributed by atoms with Gasteiger partial charge < -0.3 is 5.32 Å². The third-order valence-electron chi connectivity index (χ3n) is 2.75. The Morgan fingerprint density at radius 3 is 2.67 bits per heavy atom. The van der Waals surface area contributed by atoms with Crippen LogP contribution in [0.5, 0.6) is 0 Å². The van der Waals surface area contributed by atoms with Crippen molar-refractivity contribution >= 4 is 28.1 Å². The number of hydrogen-bond donors (Lipinski definition) is 1. The lowest BCUT2D eigenvalue weighted by Crippen LogP contribution is -2.10. The highest BCUT2D eigenvalue weighted by Crippen LogP contribution is 2.27. The number of unbranched alkanes of at least 4 members (excludes halogenated alkanes) is 1. The third-order valence-corrected chi connectivity index (χ3v) is 3.64. The average molecular weight is 306 g/mol. The molecule has 0 saturated carbocycles. The molecule has 0 aliphatic heterocycles. The lowest BCUT2D eigenvalue weighted by atomic mass is 10.2. The molecule has 21 heavy (non-hydrogen) atoms. The van der Waals surface area contributed by atoms with E-state index >= 15 is 0 Å². The minimum atomic E-state index is -0.455. The molecule has 0 saturated heterocycles. The molecule has 2 rings (SSSR count). The van der Waals surface area contributed by atoms with Crippen LogP contribution >= 0.6 is 11.3 Å². The normalized spacial score (nSPS) is 10.3. The van der Waals surface area contributed by atoms with E-state index in [0.29, 0.717) is 16.6 Å². The summed E-state index contributed by atoms with van der Waals surface area (Å²) < 4.78 is 0. The molecule has 1 heterocycles. The number of amides is 1. The molecular weight excluding hydrogens is 292 g/mol. The second kappa shape index (κ2) is 6.89. The second-order valence-electron chi connectivity index (χ2n) is 4.37. The fourth-order valence-corrected chi connectivity index (χ4v) is 2.40. The van der Waals surface area contributed by atoms with Crippen molar-refractivity contribution < 1.29 is 9.72 Å². The zero-order chi connectivity index (χ0) is 15.2. The molecule has 2 aromatic rings. The first-order chi connectivity index (χ1) is 10.1. The molecule has 0 aliphatic rings. The molecule has 0 atom stereocenters. The summed E-state index contributed by atoms with van der Waals surface area (Å²) in [6.07, 6.45) is 2.25. The van der Waals surface area contributed by atoms with Gasteiger partial charge in [-0.15, -0.1) is 10.2 Å². The van der Waals surface area contributed by atoms with Gasteiger partial charge in [0.05, 0.1) is 4.92 Å². The molecule has 1 N–H and O–H groups in total. The Morgan fingerprint density at radius 2 is 2.05 bits per heavy atom. The second-order valence-corrected chi connectivity index (χ2v) is 5.35. The molecule has 1 aromatic heterocycles. The molecule has 0 aliphatic carbocycles. The molecular formula is C13H14N4O3S. The minimum absolute atomic E-state index is 0.0244. The van der Waals surface area contributed by atoms with Crippen molar-refractivity contribution in [3.8, 4) is 10.6 Å². The fraction of sp³-hybridized carbons (Fsp3) is 0.308. The van der Waals surface area contributed by atoms with Crippen LogP contribution in [0.4, 0.5) is 10.8 Å². The Balaban J connectivity index is 2.05. The first-order valence-corrected chi connectivity index (χ1v) is 7.30. The number of carbonyl (C=O) groups excluding carboxylic acids is 1. The predicted molar refractivity (Wildman–Crippen MR) is 80.2 cm³/mol. The number of anilines is 1. The van der Waals surface area contributed by atoms with Gasteiger partial charge in [0.25, 0.3) is 5.69 Å². The van der Waals surface area contributed by atoms with Crippen molar-refractivity contribution in [3.05, 3.63) is 34.4 Å². The van der Waals surface area contributed by atoms with Gasteiger partial charge in [-0.3, -0.25) is 14.9 Å². The summed E-state index contributed by atoms with van der Waals surface area (Å²) in [6, 6.07) is 6.05. The highest BCUT2D eigenvalue weighted by molar-refractivity contribution is 7.18. The third kappa shape index (κ3) is 4.06. The van der Waals surface area contributed by atoms with Crippen LogP contribution in [0.3, 0.4) is 0 Å². The van der Waals surface area contributed by atoms with E-state index in [-0.39, 0.29) is 11.6 Å². The Bertz CT molecular complexity index is 639. The van der Waals surface area contributed by atoms with E-state index in [1.165, 1.54) is 23.5 Å². The number of nitro groups is 1. The molecule has 8 heteroatoms. The van der Waals surface area contributed by atoms with E-state index in [4.69, 9.17) is 0 Å². The first kappa shape index (κ1) is 15.0. The monoisotopic (exact) mass is 306 g/mol. The largest absolute Gasteiger partial charge is 0.301 e. The lowest BCUT2D eigenvalue weighted by Gasteiger charge is -1.98. The molecule has 0 bridgehead atoms. The van der Waals surface area contributed by atoms with E-state index in [9.17, 15) is 14.9 Å². The van der Waals surface area contributed by atoms with Gasteiger partial charge >= 0.3 is 0 Å². The number of benzene rings is 1. The van der Waals surface area contributed by atoms with Gasteiger partial charge in [-0.25, -0.2) is 0 Å². The number of non-ortho nitro benzene ring substituents is 1. The van der Waals surface area contributed by atoms with Gasteiger partial charge in [-0.05, 0) is 18.6 Å². The topological polar surface area (TPSA) is 98.0 Å². The Morgan fingerprint density at radius 1 is 1.33 bits per heavy atom. The summed E-state index contributed by atoms with van der Waals surface area (Å²) in [6.45, 7) is 2.02. The van der Waals surface area contributed by atoms with Crippen molar-refractivity contribution in [3.63, 3.8) is 0 Å². The van der Waals surface area contributed by atoms with E-state index in [1.54, 1.807) is 12.1 Å². The number of nitrogens with zero attached hydrogens (tertiary/aromatic N) is 3. The summed E-state index contributed by atoms with van der Waals surface area (Å²) in [5.74, 6) is -0.0803. The van der Waals surface area contributed by atoms with Crippen LogP contribution in [0.15, 0.2) is 24.3 Å². The van der Waals surface area contributed by atoms with Crippen LogP contribution in [-0.2, 0) is 4.79 Å². The maximum absolute atomic E-state index is 11.6. The smallest absolute Gasteiger partial charge is 0.269 e.